The predicted molar refractivity (Wildman–Crippen MR) is 70.0 cm³/mol. The van der Waals surface area contributed by atoms with Crippen molar-refractivity contribution in [3.8, 4) is 11.8 Å². The SMILES string of the molecule is COC(=O)Cc1c(C)[nH]c2ccc(OC)c(C#N)c12. The lowest BCUT2D eigenvalue weighted by Crippen LogP contribution is -2.05. The first-order valence-electron chi connectivity index (χ1n) is 5.77. The van der Waals surface area contributed by atoms with Gasteiger partial charge in [-0.25, -0.2) is 0 Å². The minimum atomic E-state index is -0.337. The van der Waals surface area contributed by atoms with Gasteiger partial charge in [0.25, 0.3) is 0 Å². The van der Waals surface area contributed by atoms with Crippen LogP contribution in [0.5, 0.6) is 5.75 Å². The van der Waals surface area contributed by atoms with Crippen LogP contribution in [0.25, 0.3) is 10.9 Å². The summed E-state index contributed by atoms with van der Waals surface area (Å²) in [6.45, 7) is 1.87. The molecular formula is C14H14N2O3. The van der Waals surface area contributed by atoms with Gasteiger partial charge < -0.3 is 14.5 Å². The molecule has 0 spiro atoms. The predicted octanol–water partition coefficient (Wildman–Crippen LogP) is 2.07. The summed E-state index contributed by atoms with van der Waals surface area (Å²) in [5.41, 5.74) is 2.87. The Morgan fingerprint density at radius 2 is 2.16 bits per heavy atom. The third kappa shape index (κ3) is 2.13. The summed E-state index contributed by atoms with van der Waals surface area (Å²) in [5, 5.41) is 10.0. The fraction of sp³-hybridized carbons (Fsp3) is 0.286. The maximum Gasteiger partial charge on any atom is 0.310 e. The molecule has 1 heterocycles. The number of H-pyrrole nitrogens is 1. The molecule has 5 nitrogen and oxygen atoms in total. The average Bonchev–Trinajstić information content (AvgIpc) is 2.73. The van der Waals surface area contributed by atoms with Crippen LogP contribution in [0.4, 0.5) is 0 Å². The quantitative estimate of drug-likeness (QED) is 0.855. The van der Waals surface area contributed by atoms with Gasteiger partial charge in [-0.2, -0.15) is 5.26 Å². The molecule has 0 saturated heterocycles. The summed E-state index contributed by atoms with van der Waals surface area (Å²) in [6, 6.07) is 5.71. The molecule has 1 aromatic carbocycles. The number of carbonyl (C=O) groups excluding carboxylic acids is 1. The molecule has 0 amide bonds. The number of nitrogens with zero attached hydrogens (tertiary/aromatic N) is 1. The summed E-state index contributed by atoms with van der Waals surface area (Å²) >= 11 is 0. The monoisotopic (exact) mass is 258 g/mol. The van der Waals surface area contributed by atoms with Gasteiger partial charge in [0.2, 0.25) is 0 Å². The summed E-state index contributed by atoms with van der Waals surface area (Å²) < 4.78 is 9.88. The van der Waals surface area contributed by atoms with Crippen LogP contribution in [0, 0.1) is 18.3 Å². The van der Waals surface area contributed by atoms with Crippen LogP contribution in [0.15, 0.2) is 12.1 Å². The van der Waals surface area contributed by atoms with Crippen LogP contribution in [0.3, 0.4) is 0 Å². The topological polar surface area (TPSA) is 75.1 Å². The molecule has 0 saturated carbocycles. The number of rotatable bonds is 3. The fourth-order valence-electron chi connectivity index (χ4n) is 2.18. The number of nitrogens with one attached hydrogen (secondary N) is 1. The average molecular weight is 258 g/mol. The highest BCUT2D eigenvalue weighted by Crippen LogP contribution is 2.32. The zero-order valence-corrected chi connectivity index (χ0v) is 11.0. The lowest BCUT2D eigenvalue weighted by Gasteiger charge is -2.05. The van der Waals surface area contributed by atoms with E-state index in [9.17, 15) is 10.1 Å². The first-order valence-corrected chi connectivity index (χ1v) is 5.77. The van der Waals surface area contributed by atoms with E-state index in [2.05, 4.69) is 11.1 Å². The van der Waals surface area contributed by atoms with Crippen molar-refractivity contribution in [1.82, 2.24) is 4.98 Å². The van der Waals surface area contributed by atoms with Gasteiger partial charge in [0.1, 0.15) is 17.4 Å². The molecule has 0 aliphatic heterocycles. The first kappa shape index (κ1) is 13.0. The third-order valence-electron chi connectivity index (χ3n) is 3.12. The Labute approximate surface area is 110 Å². The van der Waals surface area contributed by atoms with Gasteiger partial charge in [0.05, 0.1) is 20.6 Å². The van der Waals surface area contributed by atoms with Gasteiger partial charge in [-0.3, -0.25) is 4.79 Å². The number of nitriles is 1. The highest BCUT2D eigenvalue weighted by atomic mass is 16.5. The van der Waals surface area contributed by atoms with E-state index in [4.69, 9.17) is 9.47 Å². The standard InChI is InChI=1S/C14H14N2O3/c1-8-9(6-13(17)19-3)14-10(7-15)12(18-2)5-4-11(14)16-8/h4-5,16H,6H2,1-3H3. The van der Waals surface area contributed by atoms with E-state index < -0.39 is 0 Å². The van der Waals surface area contributed by atoms with Crippen molar-refractivity contribution in [3.63, 3.8) is 0 Å². The van der Waals surface area contributed by atoms with Gasteiger partial charge in [-0.05, 0) is 24.6 Å². The Hall–Kier alpha value is -2.48. The van der Waals surface area contributed by atoms with Gasteiger partial charge in [0.15, 0.2) is 0 Å². The molecule has 1 N–H and O–H groups in total. The minimum Gasteiger partial charge on any atom is -0.495 e. The molecule has 0 fully saturated rings. The molecule has 1 aromatic heterocycles. The normalized spacial score (nSPS) is 10.2. The number of fused-ring (bicyclic) bond motifs is 1. The molecule has 2 rings (SSSR count). The number of ether oxygens (including phenoxy) is 2. The summed E-state index contributed by atoms with van der Waals surface area (Å²) in [5.74, 6) is 0.163. The van der Waals surface area contributed by atoms with Gasteiger partial charge >= 0.3 is 5.97 Å². The number of hydrogen-bond acceptors (Lipinski definition) is 4. The van der Waals surface area contributed by atoms with Crippen molar-refractivity contribution in [3.05, 3.63) is 29.0 Å². The van der Waals surface area contributed by atoms with Crippen molar-refractivity contribution in [1.29, 1.82) is 5.26 Å². The molecule has 0 aliphatic carbocycles. The molecule has 0 bridgehead atoms. The minimum absolute atomic E-state index is 0.129. The fourth-order valence-corrected chi connectivity index (χ4v) is 2.18. The number of aromatic nitrogens is 1. The largest absolute Gasteiger partial charge is 0.495 e. The number of methoxy groups -OCH3 is 2. The number of aryl methyl sites for hydroxylation is 1. The highest BCUT2D eigenvalue weighted by molar-refractivity contribution is 5.94. The van der Waals surface area contributed by atoms with E-state index in [1.165, 1.54) is 14.2 Å². The summed E-state index contributed by atoms with van der Waals surface area (Å²) in [6.07, 6.45) is 0.129. The Kier molecular flexibility index (Phi) is 3.43. The molecule has 98 valence electrons. The molecule has 0 atom stereocenters. The Morgan fingerprint density at radius 1 is 1.42 bits per heavy atom. The summed E-state index contributed by atoms with van der Waals surface area (Å²) in [7, 11) is 2.86. The molecule has 5 heteroatoms. The maximum absolute atomic E-state index is 11.5. The number of hydrogen-bond donors (Lipinski definition) is 1. The second-order valence-electron chi connectivity index (χ2n) is 4.16. The Morgan fingerprint density at radius 3 is 2.74 bits per heavy atom. The molecule has 19 heavy (non-hydrogen) atoms. The zero-order chi connectivity index (χ0) is 14.0. The van der Waals surface area contributed by atoms with E-state index in [1.807, 2.05) is 13.0 Å². The van der Waals surface area contributed by atoms with Crippen molar-refractivity contribution in [2.75, 3.05) is 14.2 Å². The van der Waals surface area contributed by atoms with Crippen molar-refractivity contribution < 1.29 is 14.3 Å². The number of carbonyl (C=O) groups is 1. The van der Waals surface area contributed by atoms with Crippen molar-refractivity contribution in [2.24, 2.45) is 0 Å². The van der Waals surface area contributed by atoms with Gasteiger partial charge in [0, 0.05) is 16.6 Å². The molecule has 0 unspecified atom stereocenters. The Balaban J connectivity index is 2.72. The molecule has 0 aliphatic rings. The lowest BCUT2D eigenvalue weighted by atomic mass is 10.0. The number of benzene rings is 1. The summed E-state index contributed by atoms with van der Waals surface area (Å²) in [4.78, 5) is 14.6. The second kappa shape index (κ2) is 5.02. The van der Waals surface area contributed by atoms with E-state index in [-0.39, 0.29) is 12.4 Å². The van der Waals surface area contributed by atoms with Crippen LogP contribution in [0.1, 0.15) is 16.8 Å². The lowest BCUT2D eigenvalue weighted by molar-refractivity contribution is -0.139. The first-order chi connectivity index (χ1) is 9.12. The van der Waals surface area contributed by atoms with Gasteiger partial charge in [-0.1, -0.05) is 0 Å². The number of aromatic amines is 1. The van der Waals surface area contributed by atoms with E-state index >= 15 is 0 Å². The molecular weight excluding hydrogens is 244 g/mol. The number of esters is 1. The van der Waals surface area contributed by atoms with E-state index in [1.54, 1.807) is 6.07 Å². The molecule has 2 aromatic rings. The van der Waals surface area contributed by atoms with Crippen LogP contribution < -0.4 is 4.74 Å². The van der Waals surface area contributed by atoms with Gasteiger partial charge in [-0.15, -0.1) is 0 Å². The van der Waals surface area contributed by atoms with E-state index in [0.29, 0.717) is 11.3 Å². The van der Waals surface area contributed by atoms with Crippen LogP contribution in [0.2, 0.25) is 0 Å². The second-order valence-corrected chi connectivity index (χ2v) is 4.16. The zero-order valence-electron chi connectivity index (χ0n) is 11.0. The van der Waals surface area contributed by atoms with Crippen molar-refractivity contribution in [2.45, 2.75) is 13.3 Å². The van der Waals surface area contributed by atoms with E-state index in [0.717, 1.165) is 22.2 Å². The van der Waals surface area contributed by atoms with Crippen LogP contribution in [-0.4, -0.2) is 25.2 Å². The third-order valence-corrected chi connectivity index (χ3v) is 3.12. The smallest absolute Gasteiger partial charge is 0.310 e. The van der Waals surface area contributed by atoms with Crippen molar-refractivity contribution >= 4 is 16.9 Å². The van der Waals surface area contributed by atoms with Crippen LogP contribution in [-0.2, 0) is 16.0 Å². The maximum atomic E-state index is 11.5. The highest BCUT2D eigenvalue weighted by Gasteiger charge is 2.18. The Bertz CT molecular complexity index is 680. The molecule has 0 radical (unpaired) electrons. The van der Waals surface area contributed by atoms with Crippen LogP contribution >= 0.6 is 0 Å².